The smallest absolute Gasteiger partial charge is 0.270 e. The highest BCUT2D eigenvalue weighted by Gasteiger charge is 2.56. The third kappa shape index (κ3) is 2.03. The van der Waals surface area contributed by atoms with Crippen LogP contribution in [0.4, 0.5) is 5.69 Å². The second-order valence-corrected chi connectivity index (χ2v) is 5.23. The van der Waals surface area contributed by atoms with Crippen LogP contribution in [-0.2, 0) is 0 Å². The van der Waals surface area contributed by atoms with E-state index >= 15 is 0 Å². The first-order chi connectivity index (χ1) is 7.42. The van der Waals surface area contributed by atoms with Gasteiger partial charge in [0, 0.05) is 17.7 Å². The fourth-order valence-electron chi connectivity index (χ4n) is 1.47. The van der Waals surface area contributed by atoms with Crippen LogP contribution in [0.15, 0.2) is 24.3 Å². The van der Waals surface area contributed by atoms with Crippen LogP contribution in [0.2, 0.25) is 0 Å². The van der Waals surface area contributed by atoms with Crippen LogP contribution < -0.4 is 0 Å². The number of halogens is 2. The number of nitrogens with zero attached hydrogens (tertiary/aromatic N) is 1. The highest BCUT2D eigenvalue weighted by molar-refractivity contribution is 6.52. The highest BCUT2D eigenvalue weighted by atomic mass is 35.5. The van der Waals surface area contributed by atoms with Gasteiger partial charge in [0.2, 0.25) is 0 Å². The van der Waals surface area contributed by atoms with Gasteiger partial charge < -0.3 is 0 Å². The molecule has 0 spiro atoms. The molecule has 1 unspecified atom stereocenters. The van der Waals surface area contributed by atoms with Gasteiger partial charge in [-0.2, -0.15) is 0 Å². The van der Waals surface area contributed by atoms with E-state index in [1.807, 2.05) is 0 Å². The van der Waals surface area contributed by atoms with E-state index in [0.29, 0.717) is 6.42 Å². The maximum Gasteiger partial charge on any atom is 0.270 e. The molecule has 1 aliphatic carbocycles. The van der Waals surface area contributed by atoms with Crippen molar-refractivity contribution in [2.75, 3.05) is 0 Å². The van der Waals surface area contributed by atoms with Crippen LogP contribution in [0, 0.1) is 16.0 Å². The molecule has 16 heavy (non-hydrogen) atoms. The molecule has 1 aliphatic rings. The van der Waals surface area contributed by atoms with E-state index in [9.17, 15) is 14.9 Å². The molecule has 1 atom stereocenters. The summed E-state index contributed by atoms with van der Waals surface area (Å²) >= 11 is 11.5. The van der Waals surface area contributed by atoms with Crippen molar-refractivity contribution in [3.05, 3.63) is 39.9 Å². The van der Waals surface area contributed by atoms with Gasteiger partial charge in [0.1, 0.15) is 4.33 Å². The number of rotatable bonds is 3. The monoisotopic (exact) mass is 259 g/mol. The van der Waals surface area contributed by atoms with Gasteiger partial charge in [-0.05, 0) is 6.42 Å². The van der Waals surface area contributed by atoms with E-state index < -0.39 is 15.2 Å². The average Bonchev–Trinajstić information content (AvgIpc) is 2.87. The second kappa shape index (κ2) is 3.71. The Labute approximate surface area is 101 Å². The van der Waals surface area contributed by atoms with Crippen molar-refractivity contribution in [3.63, 3.8) is 0 Å². The molecule has 6 heteroatoms. The molecule has 0 radical (unpaired) electrons. The zero-order chi connectivity index (χ0) is 11.9. The molecule has 0 aliphatic heterocycles. The van der Waals surface area contributed by atoms with Gasteiger partial charge in [0.15, 0.2) is 5.78 Å². The normalized spacial score (nSPS) is 21.5. The number of nitro groups is 1. The van der Waals surface area contributed by atoms with Crippen LogP contribution in [0.5, 0.6) is 0 Å². The van der Waals surface area contributed by atoms with Gasteiger partial charge in [-0.1, -0.05) is 12.1 Å². The van der Waals surface area contributed by atoms with Crippen molar-refractivity contribution in [2.24, 2.45) is 5.92 Å². The zero-order valence-corrected chi connectivity index (χ0v) is 9.53. The first-order valence-corrected chi connectivity index (χ1v) is 5.34. The maximum atomic E-state index is 11.8. The van der Waals surface area contributed by atoms with Gasteiger partial charge in [-0.3, -0.25) is 14.9 Å². The first-order valence-electron chi connectivity index (χ1n) is 4.58. The van der Waals surface area contributed by atoms with E-state index in [2.05, 4.69) is 0 Å². The van der Waals surface area contributed by atoms with Crippen LogP contribution in [0.1, 0.15) is 16.8 Å². The molecule has 0 heterocycles. The van der Waals surface area contributed by atoms with Crippen molar-refractivity contribution in [1.29, 1.82) is 0 Å². The predicted molar refractivity (Wildman–Crippen MR) is 60.0 cm³/mol. The number of carbonyl (C=O) groups excluding carboxylic acids is 1. The van der Waals surface area contributed by atoms with Gasteiger partial charge in [-0.15, -0.1) is 23.2 Å². The Hall–Kier alpha value is -1.13. The summed E-state index contributed by atoms with van der Waals surface area (Å²) in [6, 6.07) is 5.57. The quantitative estimate of drug-likeness (QED) is 0.363. The molecule has 1 aromatic rings. The molecule has 0 amide bonds. The third-order valence-corrected chi connectivity index (χ3v) is 3.32. The lowest BCUT2D eigenvalue weighted by Gasteiger charge is -2.00. The number of hydrogen-bond donors (Lipinski definition) is 0. The predicted octanol–water partition coefficient (Wildman–Crippen LogP) is 2.97. The van der Waals surface area contributed by atoms with Crippen LogP contribution in [0.3, 0.4) is 0 Å². The summed E-state index contributed by atoms with van der Waals surface area (Å²) < 4.78 is -0.998. The molecule has 1 fully saturated rings. The molecule has 0 bridgehead atoms. The Morgan fingerprint density at radius 2 is 2.12 bits per heavy atom. The van der Waals surface area contributed by atoms with Crippen LogP contribution >= 0.6 is 23.2 Å². The van der Waals surface area contributed by atoms with Crippen molar-refractivity contribution in [3.8, 4) is 0 Å². The standard InChI is InChI=1S/C10H7Cl2NO3/c11-10(12)5-8(10)9(14)6-2-1-3-7(4-6)13(15)16/h1-4,8H,5H2. The van der Waals surface area contributed by atoms with Crippen molar-refractivity contribution >= 4 is 34.7 Å². The Kier molecular flexibility index (Phi) is 2.64. The van der Waals surface area contributed by atoms with Gasteiger partial charge in [0.25, 0.3) is 5.69 Å². The minimum absolute atomic E-state index is 0.110. The molecule has 84 valence electrons. The largest absolute Gasteiger partial charge is 0.294 e. The van der Waals surface area contributed by atoms with E-state index in [1.54, 1.807) is 0 Å². The van der Waals surface area contributed by atoms with E-state index in [1.165, 1.54) is 24.3 Å². The molecule has 1 saturated carbocycles. The lowest BCUT2D eigenvalue weighted by Crippen LogP contribution is -2.07. The van der Waals surface area contributed by atoms with E-state index in [0.717, 1.165) is 0 Å². The molecule has 0 saturated heterocycles. The Bertz CT molecular complexity index is 473. The summed E-state index contributed by atoms with van der Waals surface area (Å²) in [5.41, 5.74) is 0.170. The molecular formula is C10H7Cl2NO3. The number of hydrogen-bond acceptors (Lipinski definition) is 3. The SMILES string of the molecule is O=C(c1cccc([N+](=O)[O-])c1)C1CC1(Cl)Cl. The average molecular weight is 260 g/mol. The minimum atomic E-state index is -0.998. The summed E-state index contributed by atoms with van der Waals surface area (Å²) in [5, 5.41) is 10.5. The number of Topliss-reactive ketones (excluding diaryl/α,β-unsaturated/α-hetero) is 1. The zero-order valence-electron chi connectivity index (χ0n) is 8.02. The van der Waals surface area contributed by atoms with Crippen molar-refractivity contribution in [2.45, 2.75) is 10.8 Å². The molecule has 0 N–H and O–H groups in total. The molecule has 0 aromatic heterocycles. The fourth-order valence-corrected chi connectivity index (χ4v) is 1.98. The topological polar surface area (TPSA) is 60.2 Å². The summed E-state index contributed by atoms with van der Waals surface area (Å²) in [5.74, 6) is -0.688. The van der Waals surface area contributed by atoms with Gasteiger partial charge in [-0.25, -0.2) is 0 Å². The molecule has 2 rings (SSSR count). The maximum absolute atomic E-state index is 11.8. The lowest BCUT2D eigenvalue weighted by atomic mass is 10.1. The van der Waals surface area contributed by atoms with Crippen LogP contribution in [0.25, 0.3) is 0 Å². The number of nitro benzene ring substituents is 1. The van der Waals surface area contributed by atoms with Crippen molar-refractivity contribution in [1.82, 2.24) is 0 Å². The summed E-state index contributed by atoms with van der Waals surface area (Å²) in [4.78, 5) is 21.8. The van der Waals surface area contributed by atoms with E-state index in [4.69, 9.17) is 23.2 Å². The Balaban J connectivity index is 2.25. The highest BCUT2D eigenvalue weighted by Crippen LogP contribution is 2.54. The Morgan fingerprint density at radius 3 is 2.62 bits per heavy atom. The molecule has 4 nitrogen and oxygen atoms in total. The third-order valence-electron chi connectivity index (χ3n) is 2.48. The number of ketones is 1. The summed E-state index contributed by atoms with van der Waals surface area (Å²) in [6.45, 7) is 0. The molecular weight excluding hydrogens is 253 g/mol. The fraction of sp³-hybridized carbons (Fsp3) is 0.300. The van der Waals surface area contributed by atoms with Crippen LogP contribution in [-0.4, -0.2) is 15.0 Å². The number of alkyl halides is 2. The first kappa shape index (κ1) is 11.4. The summed E-state index contributed by atoms with van der Waals surface area (Å²) in [7, 11) is 0. The number of benzene rings is 1. The van der Waals surface area contributed by atoms with Gasteiger partial charge >= 0.3 is 0 Å². The minimum Gasteiger partial charge on any atom is -0.294 e. The van der Waals surface area contributed by atoms with Crippen molar-refractivity contribution < 1.29 is 9.72 Å². The van der Waals surface area contributed by atoms with E-state index in [-0.39, 0.29) is 17.0 Å². The van der Waals surface area contributed by atoms with Gasteiger partial charge in [0.05, 0.1) is 10.8 Å². The number of carbonyl (C=O) groups is 1. The second-order valence-electron chi connectivity index (χ2n) is 3.69. The Morgan fingerprint density at radius 1 is 1.50 bits per heavy atom. The summed E-state index contributed by atoms with van der Waals surface area (Å²) in [6.07, 6.45) is 0.400. The number of non-ortho nitro benzene ring substituents is 1. The molecule has 1 aromatic carbocycles. The lowest BCUT2D eigenvalue weighted by molar-refractivity contribution is -0.384.